The van der Waals surface area contributed by atoms with E-state index in [-0.39, 0.29) is 43.6 Å². The first kappa shape index (κ1) is 31.1. The van der Waals surface area contributed by atoms with Crippen LogP contribution in [0.4, 0.5) is 0 Å². The molecule has 0 N–H and O–H groups in total. The van der Waals surface area contributed by atoms with Crippen molar-refractivity contribution in [2.45, 2.75) is 43.5 Å². The summed E-state index contributed by atoms with van der Waals surface area (Å²) in [6, 6.07) is 41.9. The second kappa shape index (κ2) is 14.2. The molecule has 0 saturated carbocycles. The third-order valence-corrected chi connectivity index (χ3v) is 13.9. The number of benzene rings is 5. The van der Waals surface area contributed by atoms with E-state index in [4.69, 9.17) is 9.10 Å². The third kappa shape index (κ3) is 7.37. The van der Waals surface area contributed by atoms with Gasteiger partial charge in [0.1, 0.15) is 0 Å². The molecule has 3 aromatic heterocycles. The molecular weight excluding hydrogens is 855 g/mol. The summed E-state index contributed by atoms with van der Waals surface area (Å²) in [4.78, 5) is 9.44. The smallest absolute Gasteiger partial charge is 0 e. The van der Waals surface area contributed by atoms with Gasteiger partial charge in [0.2, 0.25) is 0 Å². The molecule has 0 aliphatic heterocycles. The Morgan fingerprint density at radius 3 is 2.24 bits per heavy atom. The van der Waals surface area contributed by atoms with Crippen LogP contribution in [0.3, 0.4) is 0 Å². The summed E-state index contributed by atoms with van der Waals surface area (Å²) in [6.45, 7) is 6.74. The summed E-state index contributed by atoms with van der Waals surface area (Å²) in [7, 11) is 0. The maximum atomic E-state index is 7.65. The normalized spacial score (nSPS) is 12.6. The molecule has 0 aliphatic rings. The Bertz CT molecular complexity index is 2510. The van der Waals surface area contributed by atoms with Gasteiger partial charge in [-0.25, -0.2) is 0 Å². The van der Waals surface area contributed by atoms with Gasteiger partial charge < -0.3 is 4.57 Å². The summed E-state index contributed by atoms with van der Waals surface area (Å²) in [5.41, 5.74) is 7.00. The average molecular weight is 898 g/mol. The van der Waals surface area contributed by atoms with Crippen LogP contribution < -0.4 is 4.40 Å². The molecule has 8 rings (SSSR count). The molecule has 0 atom stereocenters. The van der Waals surface area contributed by atoms with Gasteiger partial charge in [-0.15, -0.1) is 23.8 Å². The van der Waals surface area contributed by atoms with Crippen molar-refractivity contribution in [3.05, 3.63) is 145 Å². The van der Waals surface area contributed by atoms with Crippen LogP contribution in [0.2, 0.25) is 17.3 Å². The fraction of sp³-hybridized carbons (Fsp3) is 0.163. The Balaban J connectivity index is 0.000000200. The number of hydrogen-bond acceptors (Lipinski definition) is 3. The van der Waals surface area contributed by atoms with Crippen LogP contribution in [0.1, 0.15) is 30.4 Å². The Morgan fingerprint density at radius 2 is 1.53 bits per heavy atom. The van der Waals surface area contributed by atoms with Crippen LogP contribution in [-0.4, -0.2) is 27.8 Å². The molecule has 247 valence electrons. The van der Waals surface area contributed by atoms with Crippen molar-refractivity contribution < 1.29 is 24.2 Å². The number of aromatic nitrogens is 3. The maximum absolute atomic E-state index is 7.65. The summed E-state index contributed by atoms with van der Waals surface area (Å²) in [5.74, 6) is 7.85. The van der Waals surface area contributed by atoms with Crippen LogP contribution in [0.15, 0.2) is 127 Å². The predicted molar refractivity (Wildman–Crippen MR) is 208 cm³/mol. The van der Waals surface area contributed by atoms with Crippen LogP contribution in [0.5, 0.6) is 0 Å². The number of fused-ring (bicyclic) bond motifs is 4. The zero-order chi connectivity index (χ0) is 36.1. The maximum Gasteiger partial charge on any atom is 0 e. The minimum atomic E-state index is -1.86. The Hall–Kier alpha value is -3.87. The van der Waals surface area contributed by atoms with Crippen LogP contribution in [0, 0.1) is 12.1 Å². The molecule has 3 nitrogen and oxygen atoms in total. The molecule has 3 heterocycles. The van der Waals surface area contributed by atoms with E-state index in [0.717, 1.165) is 28.1 Å². The minimum Gasteiger partial charge on any atom is 0 e. The third-order valence-electron chi connectivity index (χ3n) is 8.56. The average Bonchev–Trinajstić information content (AvgIpc) is 3.68. The Morgan fingerprint density at radius 1 is 0.776 bits per heavy atom. The fourth-order valence-electron chi connectivity index (χ4n) is 5.78. The molecule has 0 aliphatic carbocycles. The summed E-state index contributed by atoms with van der Waals surface area (Å²) >= 11 is -0.0308. The molecule has 8 aromatic rings. The number of para-hydroxylation sites is 2. The molecule has 49 heavy (non-hydrogen) atoms. The van der Waals surface area contributed by atoms with Crippen LogP contribution in [0.25, 0.3) is 59.5 Å². The van der Waals surface area contributed by atoms with Crippen LogP contribution >= 0.6 is 11.3 Å². The standard InChI is InChI=1S/C29H23N2S.C14H16GeN.Ir/c1-29(2,3)20-13-15-21(16-14-20)31-25-10-6-5-9-24(25)30-28(31)19-12-17-23-22-8-4-7-11-26(22)32-27(23)18-19;1-15(2,3)13-9-10-14(16-11-13)12-7-5-4-6-8-12;/h4-11,13-18H,1-3H3;4-7,9-11H,1-3H3;/q2*-1;/i;4D,5D,6D;. The van der Waals surface area contributed by atoms with E-state index in [9.17, 15) is 0 Å². The molecule has 0 saturated heterocycles. The van der Waals surface area contributed by atoms with Crippen LogP contribution in [-0.2, 0) is 25.5 Å². The molecule has 5 aromatic carbocycles. The molecule has 0 bridgehead atoms. The van der Waals surface area contributed by atoms with E-state index in [1.54, 1.807) is 6.07 Å². The first-order valence-electron chi connectivity index (χ1n) is 17.7. The van der Waals surface area contributed by atoms with Gasteiger partial charge >= 0.3 is 104 Å². The molecule has 0 unspecified atom stereocenters. The number of nitrogens with zero attached hydrogens (tertiary/aromatic N) is 3. The van der Waals surface area contributed by atoms with Crippen molar-refractivity contribution in [2.24, 2.45) is 0 Å². The number of rotatable bonds is 4. The van der Waals surface area contributed by atoms with Crippen molar-refractivity contribution in [1.29, 1.82) is 0 Å². The van der Waals surface area contributed by atoms with Crippen molar-refractivity contribution >= 4 is 60.2 Å². The number of pyridine rings is 1. The van der Waals surface area contributed by atoms with Gasteiger partial charge in [0.15, 0.2) is 0 Å². The summed E-state index contributed by atoms with van der Waals surface area (Å²) in [6.07, 6.45) is 1.89. The van der Waals surface area contributed by atoms with Gasteiger partial charge in [-0.2, -0.15) is 11.3 Å². The van der Waals surface area contributed by atoms with Crippen molar-refractivity contribution in [2.75, 3.05) is 0 Å². The zero-order valence-electron chi connectivity index (χ0n) is 31.5. The van der Waals surface area contributed by atoms with Gasteiger partial charge in [-0.05, 0) is 51.4 Å². The summed E-state index contributed by atoms with van der Waals surface area (Å²) < 4.78 is 28.9. The van der Waals surface area contributed by atoms with Gasteiger partial charge in [-0.1, -0.05) is 68.6 Å². The number of hydrogen-bond donors (Lipinski definition) is 0. The molecular formula is C43H39GeIrN3S-2. The van der Waals surface area contributed by atoms with Gasteiger partial charge in [-0.3, -0.25) is 4.98 Å². The van der Waals surface area contributed by atoms with E-state index in [1.165, 1.54) is 30.1 Å². The van der Waals surface area contributed by atoms with E-state index in [1.807, 2.05) is 29.7 Å². The summed E-state index contributed by atoms with van der Waals surface area (Å²) in [5, 5.41) is 2.55. The number of imidazole rings is 1. The monoisotopic (exact) mass is 899 g/mol. The molecule has 0 spiro atoms. The molecule has 0 fully saturated rings. The first-order valence-corrected chi connectivity index (χ1v) is 24.3. The minimum absolute atomic E-state index is 0. The fourth-order valence-corrected chi connectivity index (χ4v) is 9.08. The van der Waals surface area contributed by atoms with Gasteiger partial charge in [0.05, 0.1) is 16.9 Å². The number of thiophene rings is 1. The Kier molecular flexibility index (Phi) is 9.00. The van der Waals surface area contributed by atoms with Gasteiger partial charge in [0, 0.05) is 30.5 Å². The predicted octanol–water partition coefficient (Wildman–Crippen LogP) is 11.2. The SMILES string of the molecule is CC(C)(C)c1ccc(-n2c(-c3[c-]cc4c(c3)sc3ccccc34)nc3ccccc32)cc1.[2H]c1[c-]c(-c2cc[c]([Ge]([CH3])([CH3])[CH3])cn2)cc([2H])c1[2H].[Ir]. The largest absolute Gasteiger partial charge is 0 e. The van der Waals surface area contributed by atoms with E-state index < -0.39 is 13.3 Å². The molecule has 1 radical (unpaired) electrons. The second-order valence-electron chi connectivity index (χ2n) is 14.0. The van der Waals surface area contributed by atoms with E-state index in [0.29, 0.717) is 11.3 Å². The second-order valence-corrected chi connectivity index (χ2v) is 25.8. The molecule has 0 amide bonds. The molecule has 6 heteroatoms. The topological polar surface area (TPSA) is 30.7 Å². The van der Waals surface area contributed by atoms with Crippen molar-refractivity contribution in [3.8, 4) is 28.3 Å². The quantitative estimate of drug-likeness (QED) is 0.130. The van der Waals surface area contributed by atoms with Gasteiger partial charge in [0.25, 0.3) is 0 Å². The van der Waals surface area contributed by atoms with E-state index >= 15 is 0 Å². The van der Waals surface area contributed by atoms with Crippen molar-refractivity contribution in [3.63, 3.8) is 0 Å². The first-order chi connectivity index (χ1) is 24.3. The van der Waals surface area contributed by atoms with Crippen molar-refractivity contribution in [1.82, 2.24) is 14.5 Å². The van der Waals surface area contributed by atoms with E-state index in [2.05, 4.69) is 145 Å². The zero-order valence-corrected chi connectivity index (χ0v) is 33.8. The Labute approximate surface area is 314 Å².